The summed E-state index contributed by atoms with van der Waals surface area (Å²) >= 11 is 8.98. The van der Waals surface area contributed by atoms with Gasteiger partial charge in [-0.1, -0.05) is 26.7 Å². The smallest absolute Gasteiger partial charge is 0.220 e. The van der Waals surface area contributed by atoms with Crippen LogP contribution in [-0.2, 0) is 19.9 Å². The van der Waals surface area contributed by atoms with E-state index >= 15 is 0 Å². The van der Waals surface area contributed by atoms with Crippen LogP contribution in [0.5, 0.6) is 0 Å². The van der Waals surface area contributed by atoms with E-state index in [1.54, 1.807) is 0 Å². The molecule has 0 N–H and O–H groups in total. The summed E-state index contributed by atoms with van der Waals surface area (Å²) in [6.07, 6.45) is 3.38. The second-order valence-electron chi connectivity index (χ2n) is 5.53. The molecule has 1 aromatic carbocycles. The summed E-state index contributed by atoms with van der Waals surface area (Å²) in [5, 5.41) is 0. The molecule has 25 heavy (non-hydrogen) atoms. The lowest BCUT2D eigenvalue weighted by molar-refractivity contribution is 0.395. The number of hydrogen-bond acceptors (Lipinski definition) is 4. The van der Waals surface area contributed by atoms with Crippen molar-refractivity contribution in [2.45, 2.75) is 50.8 Å². The molecule has 1 aromatic rings. The number of nitrogens with zero attached hydrogens (tertiary/aromatic N) is 1. The molecular formula is C15H22Br3NO4S2. The van der Waals surface area contributed by atoms with Gasteiger partial charge in [-0.25, -0.2) is 16.8 Å². The van der Waals surface area contributed by atoms with Crippen LogP contribution in [0.25, 0.3) is 0 Å². The fourth-order valence-corrected chi connectivity index (χ4v) is 6.06. The number of sulfone groups is 1. The standard InChI is InChI=1S/C15H22Br3NO4S2/c1-3-5-11-19(12-6-4-2)25(22,23)14-9-7-13(8-10-14)24(20,21)15(16,17)18/h7-10H,3-6,11-12H2,1-2H3. The van der Waals surface area contributed by atoms with Gasteiger partial charge in [0.15, 0.2) is 0 Å². The molecule has 5 nitrogen and oxygen atoms in total. The van der Waals surface area contributed by atoms with Gasteiger partial charge in [0.05, 0.1) is 9.79 Å². The van der Waals surface area contributed by atoms with E-state index in [2.05, 4.69) is 47.8 Å². The maximum Gasteiger partial charge on any atom is 0.243 e. The molecule has 0 unspecified atom stereocenters. The Hall–Kier alpha value is 0.520. The Kier molecular flexibility index (Phi) is 9.08. The summed E-state index contributed by atoms with van der Waals surface area (Å²) in [6, 6.07) is 5.29. The fraction of sp³-hybridized carbons (Fsp3) is 0.600. The minimum atomic E-state index is -3.75. The Morgan fingerprint density at radius 3 is 1.60 bits per heavy atom. The largest absolute Gasteiger partial charge is 0.243 e. The molecule has 0 heterocycles. The van der Waals surface area contributed by atoms with Crippen LogP contribution < -0.4 is 0 Å². The quantitative estimate of drug-likeness (QED) is 0.390. The first kappa shape index (κ1) is 23.6. The zero-order valence-corrected chi connectivity index (χ0v) is 20.5. The second-order valence-corrected chi connectivity index (χ2v) is 17.9. The Labute approximate surface area is 175 Å². The molecule has 0 radical (unpaired) electrons. The summed E-state index contributed by atoms with van der Waals surface area (Å²) < 4.78 is 50.4. The molecule has 0 fully saturated rings. The average Bonchev–Trinajstić information content (AvgIpc) is 2.53. The van der Waals surface area contributed by atoms with Crippen molar-refractivity contribution in [2.75, 3.05) is 13.1 Å². The number of alkyl halides is 3. The van der Waals surface area contributed by atoms with Crippen LogP contribution in [0.1, 0.15) is 39.5 Å². The van der Waals surface area contributed by atoms with Gasteiger partial charge in [0, 0.05) is 13.1 Å². The first-order chi connectivity index (χ1) is 11.5. The Morgan fingerprint density at radius 2 is 1.24 bits per heavy atom. The van der Waals surface area contributed by atoms with Crippen molar-refractivity contribution in [3.8, 4) is 0 Å². The van der Waals surface area contributed by atoms with E-state index in [4.69, 9.17) is 0 Å². The van der Waals surface area contributed by atoms with Crippen molar-refractivity contribution in [1.82, 2.24) is 4.31 Å². The molecule has 0 aliphatic rings. The highest BCUT2D eigenvalue weighted by Crippen LogP contribution is 2.43. The van der Waals surface area contributed by atoms with Gasteiger partial charge in [-0.15, -0.1) is 0 Å². The zero-order chi connectivity index (χ0) is 19.3. The molecule has 0 atom stereocenters. The van der Waals surface area contributed by atoms with Crippen LogP contribution in [0.2, 0.25) is 0 Å². The van der Waals surface area contributed by atoms with Crippen LogP contribution in [0.3, 0.4) is 0 Å². The van der Waals surface area contributed by atoms with Gasteiger partial charge in [-0.3, -0.25) is 0 Å². The van der Waals surface area contributed by atoms with Gasteiger partial charge in [0.25, 0.3) is 0 Å². The summed E-state index contributed by atoms with van der Waals surface area (Å²) in [4.78, 5) is 0.105. The highest BCUT2D eigenvalue weighted by molar-refractivity contribution is 9.42. The maximum absolute atomic E-state index is 12.9. The molecule has 0 spiro atoms. The molecule has 0 aromatic heterocycles. The molecule has 10 heteroatoms. The molecule has 0 aliphatic heterocycles. The van der Waals surface area contributed by atoms with Crippen LogP contribution in [0.4, 0.5) is 0 Å². The van der Waals surface area contributed by atoms with E-state index in [-0.39, 0.29) is 9.79 Å². The normalized spacial score (nSPS) is 13.4. The summed E-state index contributed by atoms with van der Waals surface area (Å²) in [7, 11) is -7.39. The molecule has 0 saturated heterocycles. The van der Waals surface area contributed by atoms with Gasteiger partial charge in [0.2, 0.25) is 21.3 Å². The van der Waals surface area contributed by atoms with E-state index in [9.17, 15) is 16.8 Å². The monoisotopic (exact) mass is 581 g/mol. The van der Waals surface area contributed by atoms with Crippen molar-refractivity contribution in [3.05, 3.63) is 24.3 Å². The van der Waals surface area contributed by atoms with Crippen molar-refractivity contribution in [2.24, 2.45) is 0 Å². The molecule has 0 amide bonds. The summed E-state index contributed by atoms with van der Waals surface area (Å²) in [5.74, 6) is 0. The topological polar surface area (TPSA) is 71.5 Å². The van der Waals surface area contributed by atoms with Crippen molar-refractivity contribution >= 4 is 67.7 Å². The van der Waals surface area contributed by atoms with E-state index in [1.165, 1.54) is 28.6 Å². The number of benzene rings is 1. The van der Waals surface area contributed by atoms with Gasteiger partial charge in [-0.2, -0.15) is 4.31 Å². The highest BCUT2D eigenvalue weighted by Gasteiger charge is 2.37. The number of halogens is 3. The van der Waals surface area contributed by atoms with Crippen LogP contribution >= 0.6 is 47.8 Å². The molecule has 0 bridgehead atoms. The Bertz CT molecular complexity index is 749. The van der Waals surface area contributed by atoms with E-state index in [0.717, 1.165) is 25.7 Å². The highest BCUT2D eigenvalue weighted by atomic mass is 80.0. The molecule has 144 valence electrons. The predicted octanol–water partition coefficient (Wildman–Crippen LogP) is 4.85. The SMILES string of the molecule is CCCCN(CCCC)S(=O)(=O)c1ccc(S(=O)(=O)C(Br)(Br)Br)cc1. The van der Waals surface area contributed by atoms with E-state index in [0.29, 0.717) is 13.1 Å². The zero-order valence-electron chi connectivity index (χ0n) is 14.1. The molecule has 0 aliphatic carbocycles. The fourth-order valence-electron chi connectivity index (χ4n) is 2.09. The third-order valence-corrected chi connectivity index (χ3v) is 10.8. The third-order valence-electron chi connectivity index (χ3n) is 3.60. The van der Waals surface area contributed by atoms with Crippen LogP contribution in [0, 0.1) is 0 Å². The minimum absolute atomic E-state index is 0.00532. The lowest BCUT2D eigenvalue weighted by Gasteiger charge is -2.22. The van der Waals surface area contributed by atoms with Crippen molar-refractivity contribution in [3.63, 3.8) is 0 Å². The average molecular weight is 584 g/mol. The summed E-state index contributed by atoms with van der Waals surface area (Å²) in [5.41, 5.74) is 0. The first-order valence-electron chi connectivity index (χ1n) is 7.90. The Morgan fingerprint density at radius 1 is 0.840 bits per heavy atom. The first-order valence-corrected chi connectivity index (χ1v) is 13.2. The molecular weight excluding hydrogens is 562 g/mol. The number of rotatable bonds is 9. The van der Waals surface area contributed by atoms with Crippen LogP contribution in [0.15, 0.2) is 34.1 Å². The summed E-state index contributed by atoms with van der Waals surface area (Å²) in [6.45, 7) is 4.95. The van der Waals surface area contributed by atoms with Crippen LogP contribution in [-0.4, -0.2) is 35.7 Å². The lowest BCUT2D eigenvalue weighted by atomic mass is 10.3. The second kappa shape index (κ2) is 9.64. The maximum atomic E-state index is 12.9. The molecule has 1 rings (SSSR count). The minimum Gasteiger partial charge on any atom is -0.220 e. The molecule has 0 saturated carbocycles. The van der Waals surface area contributed by atoms with Gasteiger partial charge in [-0.05, 0) is 84.9 Å². The number of hydrogen-bond donors (Lipinski definition) is 0. The van der Waals surface area contributed by atoms with Crippen molar-refractivity contribution in [1.29, 1.82) is 0 Å². The van der Waals surface area contributed by atoms with E-state index < -0.39 is 21.3 Å². The Balaban J connectivity index is 3.17. The number of sulfonamides is 1. The predicted molar refractivity (Wildman–Crippen MR) is 112 cm³/mol. The van der Waals surface area contributed by atoms with E-state index in [1.807, 2.05) is 13.8 Å². The van der Waals surface area contributed by atoms with Crippen molar-refractivity contribution < 1.29 is 16.8 Å². The lowest BCUT2D eigenvalue weighted by Crippen LogP contribution is -2.33. The van der Waals surface area contributed by atoms with Gasteiger partial charge >= 0.3 is 0 Å². The third kappa shape index (κ3) is 6.00. The van der Waals surface area contributed by atoms with Gasteiger partial charge in [0.1, 0.15) is 0 Å². The van der Waals surface area contributed by atoms with Gasteiger partial charge < -0.3 is 0 Å². The number of unbranched alkanes of at least 4 members (excludes halogenated alkanes) is 2.